The van der Waals surface area contributed by atoms with E-state index in [1.54, 1.807) is 0 Å². The number of carboxylic acids is 1. The largest absolute Gasteiger partial charge is 0.507 e. The molecule has 0 aromatic heterocycles. The molecule has 1 rings (SSSR count). The Morgan fingerprint density at radius 2 is 2.19 bits per heavy atom. The van der Waals surface area contributed by atoms with Gasteiger partial charge in [0.25, 0.3) is 5.91 Å². The molecular weight excluding hydrogens is 278 g/mol. The molecule has 0 aliphatic carbocycles. The number of hydrogen-bond donors (Lipinski definition) is 3. The highest BCUT2D eigenvalue weighted by Crippen LogP contribution is 2.22. The van der Waals surface area contributed by atoms with E-state index in [1.807, 2.05) is 0 Å². The van der Waals surface area contributed by atoms with Crippen LogP contribution in [0.15, 0.2) is 30.9 Å². The SMILES string of the molecule is C=CCOCC(NC(=O)c1cc(OC)ccc1O)C(=O)O. The summed E-state index contributed by atoms with van der Waals surface area (Å²) in [6.07, 6.45) is 1.47. The second kappa shape index (κ2) is 7.91. The van der Waals surface area contributed by atoms with Gasteiger partial charge in [-0.1, -0.05) is 6.08 Å². The summed E-state index contributed by atoms with van der Waals surface area (Å²) in [5, 5.41) is 21.0. The zero-order chi connectivity index (χ0) is 15.8. The number of carbonyl (C=O) groups excluding carboxylic acids is 1. The van der Waals surface area contributed by atoms with Crippen LogP contribution in [0.2, 0.25) is 0 Å². The topological polar surface area (TPSA) is 105 Å². The Labute approximate surface area is 121 Å². The fourth-order valence-corrected chi connectivity index (χ4v) is 1.50. The molecule has 0 radical (unpaired) electrons. The van der Waals surface area contributed by atoms with Crippen LogP contribution in [-0.2, 0) is 9.53 Å². The number of rotatable bonds is 8. The van der Waals surface area contributed by atoms with Crippen molar-refractivity contribution >= 4 is 11.9 Å². The molecule has 0 bridgehead atoms. The molecule has 21 heavy (non-hydrogen) atoms. The number of benzene rings is 1. The molecule has 7 heteroatoms. The van der Waals surface area contributed by atoms with Crippen LogP contribution >= 0.6 is 0 Å². The number of aliphatic carboxylic acids is 1. The number of aromatic hydroxyl groups is 1. The molecular formula is C14H17NO6. The van der Waals surface area contributed by atoms with Crippen molar-refractivity contribution in [3.8, 4) is 11.5 Å². The monoisotopic (exact) mass is 295 g/mol. The minimum absolute atomic E-state index is 0.0793. The van der Waals surface area contributed by atoms with Gasteiger partial charge in [0.2, 0.25) is 0 Å². The molecule has 1 aromatic carbocycles. The summed E-state index contributed by atoms with van der Waals surface area (Å²) in [7, 11) is 1.41. The number of methoxy groups -OCH3 is 1. The van der Waals surface area contributed by atoms with Gasteiger partial charge in [-0.2, -0.15) is 0 Å². The number of carboxylic acid groups (broad SMARTS) is 1. The van der Waals surface area contributed by atoms with E-state index < -0.39 is 17.9 Å². The smallest absolute Gasteiger partial charge is 0.328 e. The Morgan fingerprint density at radius 3 is 2.76 bits per heavy atom. The zero-order valence-electron chi connectivity index (χ0n) is 11.5. The second-order valence-electron chi connectivity index (χ2n) is 4.07. The molecule has 0 spiro atoms. The fraction of sp³-hybridized carbons (Fsp3) is 0.286. The number of phenolic OH excluding ortho intramolecular Hbond substituents is 1. The summed E-state index contributed by atoms with van der Waals surface area (Å²) in [6, 6.07) is 2.85. The average Bonchev–Trinajstić information content (AvgIpc) is 2.46. The fourth-order valence-electron chi connectivity index (χ4n) is 1.50. The van der Waals surface area contributed by atoms with E-state index >= 15 is 0 Å². The van der Waals surface area contributed by atoms with Gasteiger partial charge in [0, 0.05) is 0 Å². The first-order valence-electron chi connectivity index (χ1n) is 6.09. The molecule has 0 saturated heterocycles. The van der Waals surface area contributed by atoms with Crippen molar-refractivity contribution in [3.63, 3.8) is 0 Å². The number of carbonyl (C=O) groups is 2. The minimum Gasteiger partial charge on any atom is -0.507 e. The first kappa shape index (κ1) is 16.5. The lowest BCUT2D eigenvalue weighted by molar-refractivity contribution is -0.140. The molecule has 1 aromatic rings. The average molecular weight is 295 g/mol. The van der Waals surface area contributed by atoms with Gasteiger partial charge in [-0.25, -0.2) is 4.79 Å². The van der Waals surface area contributed by atoms with Crippen molar-refractivity contribution in [3.05, 3.63) is 36.4 Å². The van der Waals surface area contributed by atoms with Crippen molar-refractivity contribution in [1.82, 2.24) is 5.32 Å². The molecule has 1 unspecified atom stereocenters. The number of ether oxygens (including phenoxy) is 2. The summed E-state index contributed by atoms with van der Waals surface area (Å²) >= 11 is 0. The van der Waals surface area contributed by atoms with Crippen LogP contribution in [0, 0.1) is 0 Å². The van der Waals surface area contributed by atoms with Crippen LogP contribution in [0.25, 0.3) is 0 Å². The third-order valence-electron chi connectivity index (χ3n) is 2.57. The van der Waals surface area contributed by atoms with Crippen molar-refractivity contribution in [2.75, 3.05) is 20.3 Å². The van der Waals surface area contributed by atoms with Gasteiger partial charge in [-0.15, -0.1) is 6.58 Å². The summed E-state index contributed by atoms with van der Waals surface area (Å²) < 4.78 is 9.97. The lowest BCUT2D eigenvalue weighted by atomic mass is 10.1. The second-order valence-corrected chi connectivity index (χ2v) is 4.07. The number of phenols is 1. The molecule has 0 heterocycles. The summed E-state index contributed by atoms with van der Waals surface area (Å²) in [4.78, 5) is 23.1. The molecule has 3 N–H and O–H groups in total. The van der Waals surface area contributed by atoms with Gasteiger partial charge >= 0.3 is 5.97 Å². The lowest BCUT2D eigenvalue weighted by Crippen LogP contribution is -2.44. The van der Waals surface area contributed by atoms with Gasteiger partial charge in [-0.3, -0.25) is 4.79 Å². The van der Waals surface area contributed by atoms with E-state index in [-0.39, 0.29) is 24.5 Å². The Balaban J connectivity index is 2.81. The molecule has 1 amide bonds. The van der Waals surface area contributed by atoms with E-state index in [0.717, 1.165) is 0 Å². The van der Waals surface area contributed by atoms with E-state index in [0.29, 0.717) is 5.75 Å². The highest BCUT2D eigenvalue weighted by Gasteiger charge is 2.22. The predicted octanol–water partition coefficient (Wildman–Crippen LogP) is 0.786. The summed E-state index contributed by atoms with van der Waals surface area (Å²) in [6.45, 7) is 3.40. The van der Waals surface area contributed by atoms with Crippen LogP contribution in [0.1, 0.15) is 10.4 Å². The maximum atomic E-state index is 12.0. The predicted molar refractivity (Wildman–Crippen MR) is 74.6 cm³/mol. The van der Waals surface area contributed by atoms with E-state index in [4.69, 9.17) is 14.6 Å². The Bertz CT molecular complexity index is 528. The zero-order valence-corrected chi connectivity index (χ0v) is 11.5. The number of amides is 1. The van der Waals surface area contributed by atoms with Gasteiger partial charge in [0.1, 0.15) is 11.5 Å². The van der Waals surface area contributed by atoms with Crippen LogP contribution in [0.5, 0.6) is 11.5 Å². The highest BCUT2D eigenvalue weighted by atomic mass is 16.5. The van der Waals surface area contributed by atoms with E-state index in [9.17, 15) is 14.7 Å². The first-order valence-corrected chi connectivity index (χ1v) is 6.09. The third kappa shape index (κ3) is 4.81. The molecule has 7 nitrogen and oxygen atoms in total. The van der Waals surface area contributed by atoms with Gasteiger partial charge < -0.3 is 25.0 Å². The number of hydrogen-bond acceptors (Lipinski definition) is 5. The van der Waals surface area contributed by atoms with Crippen LogP contribution < -0.4 is 10.1 Å². The molecule has 114 valence electrons. The van der Waals surface area contributed by atoms with Crippen molar-refractivity contribution in [2.45, 2.75) is 6.04 Å². The van der Waals surface area contributed by atoms with E-state index in [2.05, 4.69) is 11.9 Å². The minimum atomic E-state index is -1.24. The number of nitrogens with one attached hydrogen (secondary N) is 1. The van der Waals surface area contributed by atoms with Gasteiger partial charge in [-0.05, 0) is 18.2 Å². The Hall–Kier alpha value is -2.54. The van der Waals surface area contributed by atoms with Crippen molar-refractivity contribution < 1.29 is 29.3 Å². The standard InChI is InChI=1S/C14H17NO6/c1-3-6-21-8-11(14(18)19)15-13(17)10-7-9(20-2)4-5-12(10)16/h3-5,7,11,16H,1,6,8H2,2H3,(H,15,17)(H,18,19). The lowest BCUT2D eigenvalue weighted by Gasteiger charge is -2.15. The van der Waals surface area contributed by atoms with Crippen LogP contribution in [-0.4, -0.2) is 48.5 Å². The van der Waals surface area contributed by atoms with Crippen LogP contribution in [0.3, 0.4) is 0 Å². The van der Waals surface area contributed by atoms with Gasteiger partial charge in [0.15, 0.2) is 6.04 Å². The quantitative estimate of drug-likeness (QED) is 0.483. The maximum absolute atomic E-state index is 12.0. The van der Waals surface area contributed by atoms with Crippen molar-refractivity contribution in [2.24, 2.45) is 0 Å². The molecule has 0 fully saturated rings. The van der Waals surface area contributed by atoms with Crippen molar-refractivity contribution in [1.29, 1.82) is 0 Å². The molecule has 0 saturated carbocycles. The Morgan fingerprint density at radius 1 is 1.48 bits per heavy atom. The summed E-state index contributed by atoms with van der Waals surface area (Å²) in [5.41, 5.74) is -0.0793. The molecule has 0 aliphatic heterocycles. The third-order valence-corrected chi connectivity index (χ3v) is 2.57. The Kier molecular flexibility index (Phi) is 6.22. The maximum Gasteiger partial charge on any atom is 0.328 e. The normalized spacial score (nSPS) is 11.5. The van der Waals surface area contributed by atoms with E-state index in [1.165, 1.54) is 31.4 Å². The van der Waals surface area contributed by atoms with Crippen LogP contribution in [0.4, 0.5) is 0 Å². The highest BCUT2D eigenvalue weighted by molar-refractivity contribution is 5.99. The molecule has 0 aliphatic rings. The summed E-state index contributed by atoms with van der Waals surface area (Å²) in [5.74, 6) is -1.88. The van der Waals surface area contributed by atoms with Gasteiger partial charge in [0.05, 0.1) is 25.9 Å². The molecule has 1 atom stereocenters. The first-order chi connectivity index (χ1) is 9.99.